The Hall–Kier alpha value is -1.23. The van der Waals surface area contributed by atoms with E-state index in [-0.39, 0.29) is 5.91 Å². The third-order valence-electron chi connectivity index (χ3n) is 3.91. The molecular weight excluding hydrogens is 282 g/mol. The molecule has 0 spiro atoms. The topological polar surface area (TPSA) is 54.0 Å². The van der Waals surface area contributed by atoms with E-state index in [9.17, 15) is 4.79 Å². The molecule has 21 heavy (non-hydrogen) atoms. The number of carbonyl (C=O) groups excluding carboxylic acids is 1. The van der Waals surface area contributed by atoms with E-state index in [4.69, 9.17) is 0 Å². The van der Waals surface area contributed by atoms with Crippen LogP contribution in [-0.4, -0.2) is 35.0 Å². The molecule has 1 aliphatic carbocycles. The lowest BCUT2D eigenvalue weighted by Crippen LogP contribution is -2.33. The molecule has 1 saturated carbocycles. The Labute approximate surface area is 131 Å². The number of carbonyl (C=O) groups is 1. The van der Waals surface area contributed by atoms with Crippen LogP contribution >= 0.6 is 11.8 Å². The highest BCUT2D eigenvalue weighted by molar-refractivity contribution is 7.99. The van der Waals surface area contributed by atoms with E-state index in [0.29, 0.717) is 16.9 Å². The van der Waals surface area contributed by atoms with Gasteiger partial charge in [0.2, 0.25) is 0 Å². The fourth-order valence-corrected chi connectivity index (χ4v) is 3.52. The molecule has 0 aromatic carbocycles. The van der Waals surface area contributed by atoms with Crippen molar-refractivity contribution in [3.63, 3.8) is 0 Å². The molecule has 5 heteroatoms. The molecule has 1 aromatic rings. The number of nitrogens with one attached hydrogen (secondary N) is 2. The van der Waals surface area contributed by atoms with Crippen LogP contribution in [0.3, 0.4) is 0 Å². The summed E-state index contributed by atoms with van der Waals surface area (Å²) in [5.41, 5.74) is 1.66. The van der Waals surface area contributed by atoms with Gasteiger partial charge < -0.3 is 10.6 Å². The SMILES string of the molecule is CCNc1cc(C(=O)NC2CCC(SC)C2)cc(CC)n1. The maximum absolute atomic E-state index is 12.4. The number of pyridine rings is 1. The Morgan fingerprint density at radius 2 is 2.19 bits per heavy atom. The van der Waals surface area contributed by atoms with Crippen LogP contribution in [-0.2, 0) is 6.42 Å². The van der Waals surface area contributed by atoms with E-state index in [2.05, 4.69) is 28.8 Å². The standard InChI is InChI=1S/C16H25N3OS/c1-4-12-8-11(9-15(18-12)17-5-2)16(20)19-13-6-7-14(10-13)21-3/h8-9,13-14H,4-7,10H2,1-3H3,(H,17,18)(H,19,20). The van der Waals surface area contributed by atoms with Gasteiger partial charge in [-0.2, -0.15) is 11.8 Å². The van der Waals surface area contributed by atoms with Crippen molar-refractivity contribution in [3.05, 3.63) is 23.4 Å². The second-order valence-corrected chi connectivity index (χ2v) is 6.60. The number of aryl methyl sites for hydroxylation is 1. The van der Waals surface area contributed by atoms with Gasteiger partial charge in [-0.05, 0) is 51.0 Å². The highest BCUT2D eigenvalue weighted by Gasteiger charge is 2.25. The monoisotopic (exact) mass is 307 g/mol. The van der Waals surface area contributed by atoms with Crippen LogP contribution in [0.2, 0.25) is 0 Å². The van der Waals surface area contributed by atoms with Crippen molar-refractivity contribution >= 4 is 23.5 Å². The summed E-state index contributed by atoms with van der Waals surface area (Å²) < 4.78 is 0. The highest BCUT2D eigenvalue weighted by Crippen LogP contribution is 2.28. The average Bonchev–Trinajstić information content (AvgIpc) is 2.94. The van der Waals surface area contributed by atoms with Crippen LogP contribution < -0.4 is 10.6 Å². The predicted molar refractivity (Wildman–Crippen MR) is 90.2 cm³/mol. The number of anilines is 1. The van der Waals surface area contributed by atoms with Crippen molar-refractivity contribution in [2.45, 2.75) is 50.8 Å². The minimum Gasteiger partial charge on any atom is -0.370 e. The van der Waals surface area contributed by atoms with Gasteiger partial charge in [0.05, 0.1) is 0 Å². The summed E-state index contributed by atoms with van der Waals surface area (Å²) in [5.74, 6) is 0.813. The third-order valence-corrected chi connectivity index (χ3v) is 5.01. The first-order chi connectivity index (χ1) is 10.2. The molecule has 116 valence electrons. The van der Waals surface area contributed by atoms with E-state index in [1.165, 1.54) is 6.42 Å². The van der Waals surface area contributed by atoms with E-state index >= 15 is 0 Å². The minimum atomic E-state index is 0.0259. The van der Waals surface area contributed by atoms with Gasteiger partial charge >= 0.3 is 0 Å². The zero-order chi connectivity index (χ0) is 15.2. The molecular formula is C16H25N3OS. The van der Waals surface area contributed by atoms with Gasteiger partial charge in [-0.1, -0.05) is 6.92 Å². The Kier molecular flexibility index (Phi) is 5.91. The lowest BCUT2D eigenvalue weighted by molar-refractivity contribution is 0.0938. The lowest BCUT2D eigenvalue weighted by atomic mass is 10.1. The number of hydrogen-bond acceptors (Lipinski definition) is 4. The summed E-state index contributed by atoms with van der Waals surface area (Å²) in [6.45, 7) is 4.89. The predicted octanol–water partition coefficient (Wildman–Crippen LogP) is 3.09. The molecule has 0 saturated heterocycles. The van der Waals surface area contributed by atoms with Crippen LogP contribution in [0, 0.1) is 0 Å². The van der Waals surface area contributed by atoms with Crippen molar-refractivity contribution in [2.75, 3.05) is 18.1 Å². The molecule has 2 atom stereocenters. The van der Waals surface area contributed by atoms with E-state index in [0.717, 1.165) is 37.3 Å². The first kappa shape index (κ1) is 16.1. The van der Waals surface area contributed by atoms with Crippen molar-refractivity contribution in [3.8, 4) is 0 Å². The van der Waals surface area contributed by atoms with Crippen LogP contribution in [0.1, 0.15) is 49.2 Å². The minimum absolute atomic E-state index is 0.0259. The lowest BCUT2D eigenvalue weighted by Gasteiger charge is -2.14. The summed E-state index contributed by atoms with van der Waals surface area (Å²) in [7, 11) is 0. The summed E-state index contributed by atoms with van der Waals surface area (Å²) in [6, 6.07) is 4.06. The Bertz CT molecular complexity index is 492. The molecule has 1 fully saturated rings. The van der Waals surface area contributed by atoms with E-state index in [1.54, 1.807) is 0 Å². The average molecular weight is 307 g/mol. The largest absolute Gasteiger partial charge is 0.370 e. The maximum Gasteiger partial charge on any atom is 0.251 e. The zero-order valence-corrected chi connectivity index (χ0v) is 13.9. The van der Waals surface area contributed by atoms with Gasteiger partial charge in [0.15, 0.2) is 0 Å². The summed E-state index contributed by atoms with van der Waals surface area (Å²) in [4.78, 5) is 16.9. The Balaban J connectivity index is 2.06. The van der Waals surface area contributed by atoms with E-state index in [1.807, 2.05) is 30.8 Å². The van der Waals surface area contributed by atoms with Crippen molar-refractivity contribution in [2.24, 2.45) is 0 Å². The molecule has 1 amide bonds. The second-order valence-electron chi connectivity index (χ2n) is 5.46. The molecule has 2 unspecified atom stereocenters. The first-order valence-electron chi connectivity index (χ1n) is 7.74. The molecule has 2 N–H and O–H groups in total. The molecule has 1 heterocycles. The number of nitrogens with zero attached hydrogens (tertiary/aromatic N) is 1. The second kappa shape index (κ2) is 7.69. The van der Waals surface area contributed by atoms with Crippen LogP contribution in [0.15, 0.2) is 12.1 Å². The molecule has 0 radical (unpaired) electrons. The normalized spacial score (nSPS) is 21.3. The van der Waals surface area contributed by atoms with Crippen LogP contribution in [0.25, 0.3) is 0 Å². The molecule has 2 rings (SSSR count). The quantitative estimate of drug-likeness (QED) is 0.848. The molecule has 0 aliphatic heterocycles. The fourth-order valence-electron chi connectivity index (χ4n) is 2.73. The van der Waals surface area contributed by atoms with Gasteiger partial charge in [0.1, 0.15) is 5.82 Å². The summed E-state index contributed by atoms with van der Waals surface area (Å²) in [5, 5.41) is 7.06. The van der Waals surface area contributed by atoms with Crippen molar-refractivity contribution in [1.82, 2.24) is 10.3 Å². The van der Waals surface area contributed by atoms with Gasteiger partial charge in [-0.3, -0.25) is 4.79 Å². The highest BCUT2D eigenvalue weighted by atomic mass is 32.2. The zero-order valence-electron chi connectivity index (χ0n) is 13.1. The number of aromatic nitrogens is 1. The number of rotatable bonds is 6. The Morgan fingerprint density at radius 3 is 2.81 bits per heavy atom. The number of amides is 1. The number of hydrogen-bond donors (Lipinski definition) is 2. The maximum atomic E-state index is 12.4. The summed E-state index contributed by atoms with van der Waals surface area (Å²) in [6.07, 6.45) is 6.35. The van der Waals surface area contributed by atoms with E-state index < -0.39 is 0 Å². The van der Waals surface area contributed by atoms with Gasteiger partial charge in [0.25, 0.3) is 5.91 Å². The van der Waals surface area contributed by atoms with Gasteiger partial charge in [-0.25, -0.2) is 4.98 Å². The first-order valence-corrected chi connectivity index (χ1v) is 9.03. The van der Waals surface area contributed by atoms with Crippen LogP contribution in [0.5, 0.6) is 0 Å². The Morgan fingerprint density at radius 1 is 1.38 bits per heavy atom. The van der Waals surface area contributed by atoms with Gasteiger partial charge in [0, 0.05) is 29.1 Å². The molecule has 1 aliphatic rings. The summed E-state index contributed by atoms with van der Waals surface area (Å²) >= 11 is 1.90. The fraction of sp³-hybridized carbons (Fsp3) is 0.625. The smallest absolute Gasteiger partial charge is 0.251 e. The number of thioether (sulfide) groups is 1. The third kappa shape index (κ3) is 4.37. The molecule has 1 aromatic heterocycles. The molecule has 4 nitrogen and oxygen atoms in total. The van der Waals surface area contributed by atoms with Crippen molar-refractivity contribution < 1.29 is 4.79 Å². The van der Waals surface area contributed by atoms with Crippen molar-refractivity contribution in [1.29, 1.82) is 0 Å². The van der Waals surface area contributed by atoms with Gasteiger partial charge in [-0.15, -0.1) is 0 Å². The van der Waals surface area contributed by atoms with Crippen LogP contribution in [0.4, 0.5) is 5.82 Å². The molecule has 0 bridgehead atoms.